The van der Waals surface area contributed by atoms with Crippen molar-refractivity contribution >= 4 is 23.8 Å². The third kappa shape index (κ3) is 7.82. The Morgan fingerprint density at radius 3 is 2.59 bits per heavy atom. The maximum absolute atomic E-state index is 13.0. The first-order valence-corrected chi connectivity index (χ1v) is 13.3. The average molecular weight is 510 g/mol. The van der Waals surface area contributed by atoms with Gasteiger partial charge in [0.25, 0.3) is 5.91 Å². The summed E-state index contributed by atoms with van der Waals surface area (Å²) in [5, 5.41) is 2.33. The van der Waals surface area contributed by atoms with Crippen LogP contribution in [0.15, 0.2) is 18.2 Å². The van der Waals surface area contributed by atoms with E-state index >= 15 is 0 Å². The molecule has 1 saturated heterocycles. The van der Waals surface area contributed by atoms with Gasteiger partial charge in [0.05, 0.1) is 0 Å². The molecular weight excluding hydrogens is 470 g/mol. The third-order valence-electron chi connectivity index (χ3n) is 6.50. The Balaban J connectivity index is 1.64. The summed E-state index contributed by atoms with van der Waals surface area (Å²) < 4.78 is 5.59. The Morgan fingerprint density at radius 2 is 1.89 bits per heavy atom. The van der Waals surface area contributed by atoms with Crippen LogP contribution >= 0.6 is 0 Å². The first-order valence-electron chi connectivity index (χ1n) is 13.3. The van der Waals surface area contributed by atoms with E-state index in [0.29, 0.717) is 31.5 Å². The van der Waals surface area contributed by atoms with Gasteiger partial charge in [-0.25, -0.2) is 4.79 Å². The van der Waals surface area contributed by atoms with Gasteiger partial charge in [-0.1, -0.05) is 50.5 Å². The number of hydrogen-bond acceptors (Lipinski definition) is 5. The van der Waals surface area contributed by atoms with E-state index in [1.54, 1.807) is 17.0 Å². The van der Waals surface area contributed by atoms with E-state index in [9.17, 15) is 19.2 Å². The summed E-state index contributed by atoms with van der Waals surface area (Å²) in [4.78, 5) is 52.8. The standard InChI is InChI=1S/C29H39N3O5/c1-5-6-7-8-10-18-31(28(36)37-29(2,3)4)19-11-9-13-21-14-12-15-22-23(21)20-32(27(22)35)24-16-17-25(33)30-26(24)34/h12,14-15,24H,5-8,10-11,16-20H2,1-4H3,(H,30,33,34). The Labute approximate surface area is 220 Å². The number of amides is 4. The van der Waals surface area contributed by atoms with E-state index in [1.807, 2.05) is 26.8 Å². The van der Waals surface area contributed by atoms with Crippen LogP contribution in [0, 0.1) is 11.8 Å². The lowest BCUT2D eigenvalue weighted by atomic mass is 10.0. The predicted molar refractivity (Wildman–Crippen MR) is 141 cm³/mol. The first-order chi connectivity index (χ1) is 17.6. The normalized spacial score (nSPS) is 17.1. The smallest absolute Gasteiger partial charge is 0.410 e. The minimum Gasteiger partial charge on any atom is -0.444 e. The van der Waals surface area contributed by atoms with Gasteiger partial charge < -0.3 is 14.5 Å². The Morgan fingerprint density at radius 1 is 1.14 bits per heavy atom. The molecule has 0 bridgehead atoms. The average Bonchev–Trinajstić information content (AvgIpc) is 3.16. The fraction of sp³-hybridized carbons (Fsp3) is 0.586. The maximum atomic E-state index is 13.0. The highest BCUT2D eigenvalue weighted by Gasteiger charge is 2.39. The topological polar surface area (TPSA) is 96.0 Å². The van der Waals surface area contributed by atoms with Crippen molar-refractivity contribution in [3.05, 3.63) is 34.9 Å². The van der Waals surface area contributed by atoms with Crippen molar-refractivity contribution in [1.82, 2.24) is 15.1 Å². The van der Waals surface area contributed by atoms with Crippen LogP contribution in [0.2, 0.25) is 0 Å². The molecule has 8 nitrogen and oxygen atoms in total. The van der Waals surface area contributed by atoms with Gasteiger partial charge >= 0.3 is 6.09 Å². The Hall–Kier alpha value is -3.34. The summed E-state index contributed by atoms with van der Waals surface area (Å²) in [5.74, 6) is 5.38. The molecule has 1 atom stereocenters. The second-order valence-electron chi connectivity index (χ2n) is 10.7. The summed E-state index contributed by atoms with van der Waals surface area (Å²) >= 11 is 0. The molecule has 0 aliphatic carbocycles. The van der Waals surface area contributed by atoms with Gasteiger partial charge in [-0.2, -0.15) is 0 Å². The molecule has 4 amide bonds. The van der Waals surface area contributed by atoms with E-state index < -0.39 is 17.6 Å². The molecule has 8 heteroatoms. The van der Waals surface area contributed by atoms with Crippen molar-refractivity contribution in [2.75, 3.05) is 13.1 Å². The van der Waals surface area contributed by atoms with Crippen LogP contribution in [0.3, 0.4) is 0 Å². The summed E-state index contributed by atoms with van der Waals surface area (Å²) in [5.41, 5.74) is 1.52. The van der Waals surface area contributed by atoms with Crippen LogP contribution in [0.5, 0.6) is 0 Å². The van der Waals surface area contributed by atoms with Crippen LogP contribution in [-0.2, 0) is 20.9 Å². The minimum absolute atomic E-state index is 0.215. The molecule has 2 aliphatic rings. The van der Waals surface area contributed by atoms with Gasteiger partial charge in [0.15, 0.2) is 0 Å². The molecular formula is C29H39N3O5. The lowest BCUT2D eigenvalue weighted by Crippen LogP contribution is -2.52. The molecule has 1 aromatic carbocycles. The fourth-order valence-electron chi connectivity index (χ4n) is 4.58. The predicted octanol–water partition coefficient (Wildman–Crippen LogP) is 4.40. The molecule has 1 unspecified atom stereocenters. The third-order valence-corrected chi connectivity index (χ3v) is 6.50. The Kier molecular flexibility index (Phi) is 9.73. The molecule has 1 N–H and O–H groups in total. The number of carbonyl (C=O) groups excluding carboxylic acids is 4. The van der Waals surface area contributed by atoms with Crippen LogP contribution in [0.1, 0.15) is 101 Å². The largest absolute Gasteiger partial charge is 0.444 e. The second-order valence-corrected chi connectivity index (χ2v) is 10.7. The van der Waals surface area contributed by atoms with Crippen LogP contribution in [0.25, 0.3) is 0 Å². The van der Waals surface area contributed by atoms with E-state index in [4.69, 9.17) is 4.74 Å². The summed E-state index contributed by atoms with van der Waals surface area (Å²) in [6, 6.07) is 4.75. The summed E-state index contributed by atoms with van der Waals surface area (Å²) in [6.07, 6.45) is 6.23. The molecule has 0 radical (unpaired) electrons. The maximum Gasteiger partial charge on any atom is 0.410 e. The minimum atomic E-state index is -0.655. The van der Waals surface area contributed by atoms with Crippen molar-refractivity contribution in [3.63, 3.8) is 0 Å². The quantitative estimate of drug-likeness (QED) is 0.302. The van der Waals surface area contributed by atoms with Crippen molar-refractivity contribution in [2.45, 2.75) is 97.2 Å². The van der Waals surface area contributed by atoms with Gasteiger partial charge in [-0.05, 0) is 51.3 Å². The summed E-state index contributed by atoms with van der Waals surface area (Å²) in [7, 11) is 0. The van der Waals surface area contributed by atoms with E-state index in [2.05, 4.69) is 24.1 Å². The van der Waals surface area contributed by atoms with E-state index in [-0.39, 0.29) is 30.9 Å². The first kappa shape index (κ1) is 28.2. The van der Waals surface area contributed by atoms with Gasteiger partial charge in [-0.15, -0.1) is 0 Å². The number of rotatable bonds is 9. The molecule has 0 aromatic heterocycles. The van der Waals surface area contributed by atoms with Crippen LogP contribution < -0.4 is 5.32 Å². The molecule has 1 fully saturated rings. The molecule has 1 aromatic rings. The summed E-state index contributed by atoms with van der Waals surface area (Å²) in [6.45, 7) is 9.14. The fourth-order valence-corrected chi connectivity index (χ4v) is 4.58. The number of piperidine rings is 1. The monoisotopic (exact) mass is 509 g/mol. The van der Waals surface area contributed by atoms with Crippen molar-refractivity contribution in [2.24, 2.45) is 0 Å². The highest BCUT2D eigenvalue weighted by Crippen LogP contribution is 2.29. The zero-order chi connectivity index (χ0) is 27.0. The van der Waals surface area contributed by atoms with Gasteiger partial charge in [0.1, 0.15) is 11.6 Å². The molecule has 37 heavy (non-hydrogen) atoms. The van der Waals surface area contributed by atoms with Gasteiger partial charge in [0.2, 0.25) is 11.8 Å². The molecule has 2 aliphatic heterocycles. The molecule has 0 spiro atoms. The number of hydrogen-bond donors (Lipinski definition) is 1. The zero-order valence-electron chi connectivity index (χ0n) is 22.5. The number of fused-ring (bicyclic) bond motifs is 1. The SMILES string of the molecule is CCCCCCCN(CCC#Cc1cccc2c1CN(C1CCC(=O)NC1=O)C2=O)C(=O)OC(C)(C)C. The highest BCUT2D eigenvalue weighted by molar-refractivity contribution is 6.05. The zero-order valence-corrected chi connectivity index (χ0v) is 22.5. The van der Waals surface area contributed by atoms with Crippen molar-refractivity contribution in [1.29, 1.82) is 0 Å². The van der Waals surface area contributed by atoms with Crippen molar-refractivity contribution < 1.29 is 23.9 Å². The van der Waals surface area contributed by atoms with Crippen molar-refractivity contribution in [3.8, 4) is 11.8 Å². The molecule has 3 rings (SSSR count). The molecule has 0 saturated carbocycles. The Bertz CT molecular complexity index is 1080. The van der Waals surface area contributed by atoms with Gasteiger partial charge in [-0.3, -0.25) is 19.7 Å². The van der Waals surface area contributed by atoms with E-state index in [1.165, 1.54) is 17.7 Å². The lowest BCUT2D eigenvalue weighted by molar-refractivity contribution is -0.136. The number of carbonyl (C=O) groups is 4. The number of nitrogens with zero attached hydrogens (tertiary/aromatic N) is 2. The highest BCUT2D eigenvalue weighted by atomic mass is 16.6. The number of unbranched alkanes of at least 4 members (excludes halogenated alkanes) is 4. The number of nitrogens with one attached hydrogen (secondary N) is 1. The molecule has 2 heterocycles. The van der Waals surface area contributed by atoms with Crippen LogP contribution in [0.4, 0.5) is 4.79 Å². The lowest BCUT2D eigenvalue weighted by Gasteiger charge is -2.29. The van der Waals surface area contributed by atoms with E-state index in [0.717, 1.165) is 30.4 Å². The molecule has 200 valence electrons. The second kappa shape index (κ2) is 12.8. The number of imide groups is 1. The number of benzene rings is 1. The number of ether oxygens (including phenoxy) is 1. The van der Waals surface area contributed by atoms with Gasteiger partial charge in [0, 0.05) is 43.6 Å². The van der Waals surface area contributed by atoms with Crippen LogP contribution in [-0.4, -0.2) is 58.3 Å².